The van der Waals surface area contributed by atoms with Gasteiger partial charge in [0.2, 0.25) is 21.8 Å². The fourth-order valence-electron chi connectivity index (χ4n) is 4.05. The molecule has 0 saturated carbocycles. The van der Waals surface area contributed by atoms with Gasteiger partial charge in [0.05, 0.1) is 11.9 Å². The molecule has 39 heavy (non-hydrogen) atoms. The Labute approximate surface area is 238 Å². The van der Waals surface area contributed by atoms with Gasteiger partial charge < -0.3 is 10.2 Å². The highest BCUT2D eigenvalue weighted by atomic mass is 79.9. The summed E-state index contributed by atoms with van der Waals surface area (Å²) in [5, 5.41) is 2.94. The summed E-state index contributed by atoms with van der Waals surface area (Å²) in [6, 6.07) is 20.6. The smallest absolute Gasteiger partial charge is 0.244 e. The van der Waals surface area contributed by atoms with E-state index in [1.807, 2.05) is 44.2 Å². The third kappa shape index (κ3) is 8.63. The SMILES string of the molecule is CC[C@@H](C)NC(=O)[C@@H](Cc1ccccc1)N(Cc1ccccc1F)C(=O)CN(c1cccc(Br)c1)S(C)(=O)=O. The summed E-state index contributed by atoms with van der Waals surface area (Å²) in [5.41, 5.74) is 1.31. The Bertz CT molecular complexity index is 1390. The number of halogens is 2. The van der Waals surface area contributed by atoms with Crippen LogP contribution in [0.4, 0.5) is 10.1 Å². The highest BCUT2D eigenvalue weighted by molar-refractivity contribution is 9.10. The molecule has 0 unspecified atom stereocenters. The monoisotopic (exact) mass is 617 g/mol. The molecule has 208 valence electrons. The van der Waals surface area contributed by atoms with E-state index in [0.29, 0.717) is 10.9 Å². The van der Waals surface area contributed by atoms with Gasteiger partial charge in [0.1, 0.15) is 18.4 Å². The molecule has 2 amide bonds. The van der Waals surface area contributed by atoms with Gasteiger partial charge in [-0.1, -0.05) is 77.5 Å². The largest absolute Gasteiger partial charge is 0.352 e. The summed E-state index contributed by atoms with van der Waals surface area (Å²) < 4.78 is 42.0. The molecular weight excluding hydrogens is 585 g/mol. The van der Waals surface area contributed by atoms with Crippen molar-refractivity contribution in [3.63, 3.8) is 0 Å². The Hall–Kier alpha value is -3.24. The van der Waals surface area contributed by atoms with Crippen LogP contribution in [0.2, 0.25) is 0 Å². The molecule has 2 atom stereocenters. The number of sulfonamides is 1. The highest BCUT2D eigenvalue weighted by Gasteiger charge is 2.33. The van der Waals surface area contributed by atoms with Crippen LogP contribution < -0.4 is 9.62 Å². The number of nitrogens with zero attached hydrogens (tertiary/aromatic N) is 2. The van der Waals surface area contributed by atoms with E-state index in [9.17, 15) is 22.4 Å². The van der Waals surface area contributed by atoms with Crippen molar-refractivity contribution in [3.05, 3.63) is 100 Å². The second kappa shape index (κ2) is 13.7. The summed E-state index contributed by atoms with van der Waals surface area (Å²) in [5.74, 6) is -1.56. The van der Waals surface area contributed by atoms with Gasteiger partial charge in [-0.05, 0) is 43.2 Å². The average Bonchev–Trinajstić information content (AvgIpc) is 2.89. The second-order valence-corrected chi connectivity index (χ2v) is 12.2. The molecule has 0 aliphatic rings. The van der Waals surface area contributed by atoms with Gasteiger partial charge in [0.25, 0.3) is 0 Å². The molecule has 7 nitrogen and oxygen atoms in total. The summed E-state index contributed by atoms with van der Waals surface area (Å²) in [6.07, 6.45) is 1.86. The number of hydrogen-bond acceptors (Lipinski definition) is 4. The molecule has 0 spiro atoms. The van der Waals surface area contributed by atoms with E-state index in [0.717, 1.165) is 16.1 Å². The van der Waals surface area contributed by atoms with E-state index < -0.39 is 40.2 Å². The fourth-order valence-corrected chi connectivity index (χ4v) is 5.28. The molecule has 3 aromatic rings. The molecule has 0 radical (unpaired) electrons. The lowest BCUT2D eigenvalue weighted by atomic mass is 10.0. The van der Waals surface area contributed by atoms with Crippen LogP contribution in [0.25, 0.3) is 0 Å². The summed E-state index contributed by atoms with van der Waals surface area (Å²) in [6.45, 7) is 3.01. The number of amides is 2. The van der Waals surface area contributed by atoms with E-state index in [4.69, 9.17) is 0 Å². The van der Waals surface area contributed by atoms with E-state index in [2.05, 4.69) is 21.2 Å². The molecular formula is C29H33BrFN3O4S. The van der Waals surface area contributed by atoms with Crippen LogP contribution in [0.5, 0.6) is 0 Å². The van der Waals surface area contributed by atoms with Crippen LogP contribution >= 0.6 is 15.9 Å². The van der Waals surface area contributed by atoms with Crippen LogP contribution in [0, 0.1) is 5.82 Å². The maximum Gasteiger partial charge on any atom is 0.244 e. The van der Waals surface area contributed by atoms with Gasteiger partial charge in [0, 0.05) is 29.0 Å². The standard InChI is InChI=1S/C29H33BrFN3O4S/c1-4-21(2)32-29(36)27(17-22-11-6-5-7-12-22)33(19-23-13-8-9-16-26(23)31)28(35)20-34(39(3,37)38)25-15-10-14-24(30)18-25/h5-16,18,21,27H,4,17,19-20H2,1-3H3,(H,32,36)/t21-,27-/m1/s1. The van der Waals surface area contributed by atoms with Gasteiger partial charge >= 0.3 is 0 Å². The quantitative estimate of drug-likeness (QED) is 0.313. The Kier molecular flexibility index (Phi) is 10.7. The molecule has 3 rings (SSSR count). The van der Waals surface area contributed by atoms with Gasteiger partial charge in [-0.3, -0.25) is 13.9 Å². The maximum absolute atomic E-state index is 14.8. The van der Waals surface area contributed by atoms with Crippen molar-refractivity contribution in [2.24, 2.45) is 0 Å². The first-order chi connectivity index (χ1) is 18.5. The van der Waals surface area contributed by atoms with Crippen LogP contribution in [0.3, 0.4) is 0 Å². The first kappa shape index (κ1) is 30.3. The van der Waals surface area contributed by atoms with Crippen molar-refractivity contribution >= 4 is 43.5 Å². The van der Waals surface area contributed by atoms with Crippen LogP contribution in [0.15, 0.2) is 83.3 Å². The number of nitrogens with one attached hydrogen (secondary N) is 1. The van der Waals surface area contributed by atoms with Gasteiger partial charge in [0.15, 0.2) is 0 Å². The van der Waals surface area contributed by atoms with E-state index in [-0.39, 0.29) is 30.3 Å². The predicted octanol–water partition coefficient (Wildman–Crippen LogP) is 4.91. The lowest BCUT2D eigenvalue weighted by Crippen LogP contribution is -2.54. The topological polar surface area (TPSA) is 86.8 Å². The Morgan fingerprint density at radius 2 is 1.67 bits per heavy atom. The zero-order valence-corrected chi connectivity index (χ0v) is 24.6. The zero-order valence-electron chi connectivity index (χ0n) is 22.2. The third-order valence-electron chi connectivity index (χ3n) is 6.35. The van der Waals surface area contributed by atoms with Crippen molar-refractivity contribution in [1.29, 1.82) is 0 Å². The molecule has 0 saturated heterocycles. The zero-order chi connectivity index (χ0) is 28.6. The first-order valence-corrected chi connectivity index (χ1v) is 15.2. The summed E-state index contributed by atoms with van der Waals surface area (Å²) >= 11 is 3.34. The predicted molar refractivity (Wildman–Crippen MR) is 155 cm³/mol. The minimum atomic E-state index is -3.88. The van der Waals surface area contributed by atoms with Crippen molar-refractivity contribution in [2.75, 3.05) is 17.1 Å². The molecule has 10 heteroatoms. The molecule has 0 aromatic heterocycles. The normalized spacial score (nSPS) is 12.8. The number of hydrogen-bond donors (Lipinski definition) is 1. The van der Waals surface area contributed by atoms with Crippen LogP contribution in [-0.4, -0.2) is 50.0 Å². The Morgan fingerprint density at radius 3 is 2.28 bits per heavy atom. The molecule has 0 heterocycles. The van der Waals surface area contributed by atoms with Crippen molar-refractivity contribution in [1.82, 2.24) is 10.2 Å². The van der Waals surface area contributed by atoms with Crippen molar-refractivity contribution in [3.8, 4) is 0 Å². The maximum atomic E-state index is 14.8. The molecule has 1 N–H and O–H groups in total. The van der Waals surface area contributed by atoms with Crippen molar-refractivity contribution < 1.29 is 22.4 Å². The minimum absolute atomic E-state index is 0.157. The lowest BCUT2D eigenvalue weighted by molar-refractivity contribution is -0.140. The third-order valence-corrected chi connectivity index (χ3v) is 7.98. The number of carbonyl (C=O) groups excluding carboxylic acids is 2. The van der Waals surface area contributed by atoms with Gasteiger partial charge in [-0.2, -0.15) is 0 Å². The minimum Gasteiger partial charge on any atom is -0.352 e. The molecule has 3 aromatic carbocycles. The van der Waals surface area contributed by atoms with Crippen LogP contribution in [-0.2, 0) is 32.6 Å². The lowest BCUT2D eigenvalue weighted by Gasteiger charge is -2.34. The highest BCUT2D eigenvalue weighted by Crippen LogP contribution is 2.24. The van der Waals surface area contributed by atoms with Crippen molar-refractivity contribution in [2.45, 2.75) is 45.3 Å². The van der Waals surface area contributed by atoms with Gasteiger partial charge in [-0.25, -0.2) is 12.8 Å². The average molecular weight is 619 g/mol. The Morgan fingerprint density at radius 1 is 1.00 bits per heavy atom. The number of rotatable bonds is 12. The second-order valence-electron chi connectivity index (χ2n) is 9.39. The number of carbonyl (C=O) groups is 2. The van der Waals surface area contributed by atoms with E-state index in [1.165, 1.54) is 11.0 Å². The van der Waals surface area contributed by atoms with Gasteiger partial charge in [-0.15, -0.1) is 0 Å². The summed E-state index contributed by atoms with van der Waals surface area (Å²) in [4.78, 5) is 28.8. The summed E-state index contributed by atoms with van der Waals surface area (Å²) in [7, 11) is -3.88. The number of benzene rings is 3. The molecule has 0 aliphatic heterocycles. The first-order valence-electron chi connectivity index (χ1n) is 12.6. The van der Waals surface area contributed by atoms with E-state index in [1.54, 1.807) is 42.5 Å². The fraction of sp³-hybridized carbons (Fsp3) is 0.310. The molecule has 0 bridgehead atoms. The molecule has 0 fully saturated rings. The molecule has 0 aliphatic carbocycles. The number of anilines is 1. The van der Waals surface area contributed by atoms with E-state index >= 15 is 0 Å². The Balaban J connectivity index is 2.07. The van der Waals surface area contributed by atoms with Crippen LogP contribution in [0.1, 0.15) is 31.4 Å².